The molecule has 0 aromatic rings. The van der Waals surface area contributed by atoms with Crippen molar-refractivity contribution in [2.24, 2.45) is 0 Å². The van der Waals surface area contributed by atoms with E-state index >= 15 is 0 Å². The number of aliphatic carboxylic acids is 1. The minimum atomic E-state index is -1.50. The predicted molar refractivity (Wildman–Crippen MR) is 217 cm³/mol. The lowest BCUT2D eigenvalue weighted by atomic mass is 10.0. The summed E-state index contributed by atoms with van der Waals surface area (Å²) in [7, 11) is 5.96. The Hall–Kier alpha value is -1.71. The van der Waals surface area contributed by atoms with E-state index in [1.54, 1.807) is 0 Å². The van der Waals surface area contributed by atoms with Gasteiger partial charge in [-0.1, -0.05) is 181 Å². The third kappa shape index (κ3) is 38.4. The van der Waals surface area contributed by atoms with Gasteiger partial charge in [0.05, 0.1) is 34.4 Å². The molecule has 0 saturated carbocycles. The third-order valence-electron chi connectivity index (χ3n) is 9.86. The van der Waals surface area contributed by atoms with Crippen LogP contribution in [0.5, 0.6) is 0 Å². The molecule has 0 amide bonds. The summed E-state index contributed by atoms with van der Waals surface area (Å²) in [6.07, 6.45) is 32.9. The van der Waals surface area contributed by atoms with Crippen molar-refractivity contribution in [1.82, 2.24) is 0 Å². The van der Waals surface area contributed by atoms with E-state index in [1.165, 1.54) is 141 Å². The number of nitrogens with zero attached hydrogens (tertiary/aromatic N) is 1. The van der Waals surface area contributed by atoms with Gasteiger partial charge in [-0.3, -0.25) is 9.59 Å². The largest absolute Gasteiger partial charge is 0.477 e. The topological polar surface area (TPSA) is 108 Å². The van der Waals surface area contributed by atoms with Crippen molar-refractivity contribution < 1.29 is 42.9 Å². The summed E-state index contributed by atoms with van der Waals surface area (Å²) < 4.78 is 22.7. The summed E-state index contributed by atoms with van der Waals surface area (Å²) in [6.45, 7) is 4.89. The maximum absolute atomic E-state index is 12.7. The summed E-state index contributed by atoms with van der Waals surface area (Å²) in [5.41, 5.74) is 0. The number of hydrogen-bond acceptors (Lipinski definition) is 7. The molecule has 0 aliphatic carbocycles. The second-order valence-electron chi connectivity index (χ2n) is 16.4. The van der Waals surface area contributed by atoms with Crippen molar-refractivity contribution in [2.45, 2.75) is 219 Å². The number of hydrogen-bond donors (Lipinski definition) is 1. The van der Waals surface area contributed by atoms with E-state index in [0.717, 1.165) is 38.5 Å². The summed E-state index contributed by atoms with van der Waals surface area (Å²) in [5, 5.41) is 9.62. The van der Waals surface area contributed by atoms with Crippen LogP contribution in [0.2, 0.25) is 0 Å². The van der Waals surface area contributed by atoms with Crippen molar-refractivity contribution in [3.05, 3.63) is 0 Å². The van der Waals surface area contributed by atoms with Crippen LogP contribution < -0.4 is 0 Å². The van der Waals surface area contributed by atoms with Gasteiger partial charge in [-0.25, -0.2) is 4.79 Å². The van der Waals surface area contributed by atoms with E-state index in [9.17, 15) is 19.5 Å². The molecule has 2 atom stereocenters. The van der Waals surface area contributed by atoms with E-state index in [-0.39, 0.29) is 32.2 Å². The van der Waals surface area contributed by atoms with Gasteiger partial charge in [-0.2, -0.15) is 0 Å². The number of carbonyl (C=O) groups excluding carboxylic acids is 2. The number of carboxylic acid groups (broad SMARTS) is 1. The summed E-state index contributed by atoms with van der Waals surface area (Å²) in [6, 6.07) is 0. The van der Waals surface area contributed by atoms with E-state index < -0.39 is 24.3 Å². The molecule has 9 nitrogen and oxygen atoms in total. The van der Waals surface area contributed by atoms with Crippen molar-refractivity contribution in [3.8, 4) is 0 Å². The highest BCUT2D eigenvalue weighted by molar-refractivity contribution is 5.71. The van der Waals surface area contributed by atoms with E-state index in [0.29, 0.717) is 17.4 Å². The number of rotatable bonds is 41. The van der Waals surface area contributed by atoms with Crippen molar-refractivity contribution in [3.63, 3.8) is 0 Å². The average molecular weight is 757 g/mol. The zero-order valence-corrected chi connectivity index (χ0v) is 35.4. The summed E-state index contributed by atoms with van der Waals surface area (Å²) >= 11 is 0. The Labute approximate surface area is 326 Å². The fraction of sp³-hybridized carbons (Fsp3) is 0.932. The second kappa shape index (κ2) is 37.2. The first-order valence-electron chi connectivity index (χ1n) is 22.2. The fourth-order valence-electron chi connectivity index (χ4n) is 6.37. The van der Waals surface area contributed by atoms with Gasteiger partial charge >= 0.3 is 17.9 Å². The molecule has 0 spiro atoms. The quantitative estimate of drug-likeness (QED) is 0.0284. The molecule has 0 aliphatic heterocycles. The smallest absolute Gasteiger partial charge is 0.361 e. The molecule has 53 heavy (non-hydrogen) atoms. The number of carboxylic acids is 1. The minimum Gasteiger partial charge on any atom is -0.477 e. The van der Waals surface area contributed by atoms with Gasteiger partial charge in [0, 0.05) is 12.8 Å². The van der Waals surface area contributed by atoms with Crippen LogP contribution in [-0.2, 0) is 33.3 Å². The summed E-state index contributed by atoms with van der Waals surface area (Å²) in [5.74, 6) is -1.99. The number of quaternary nitrogens is 1. The normalized spacial score (nSPS) is 12.8. The molecule has 0 aliphatic rings. The molecule has 0 bridgehead atoms. The lowest BCUT2D eigenvalue weighted by molar-refractivity contribution is -0.870. The number of likely N-dealkylation sites (N-methyl/N-ethyl adjacent to an activating group) is 1. The van der Waals surface area contributed by atoms with Crippen LogP contribution in [0.25, 0.3) is 0 Å². The van der Waals surface area contributed by atoms with E-state index in [1.807, 2.05) is 21.1 Å². The van der Waals surface area contributed by atoms with Crippen molar-refractivity contribution >= 4 is 17.9 Å². The van der Waals surface area contributed by atoms with Crippen molar-refractivity contribution in [1.29, 1.82) is 0 Å². The van der Waals surface area contributed by atoms with Crippen LogP contribution >= 0.6 is 0 Å². The van der Waals surface area contributed by atoms with Gasteiger partial charge in [-0.15, -0.1) is 0 Å². The molecule has 0 fully saturated rings. The Kier molecular flexibility index (Phi) is 36.0. The number of unbranched alkanes of at least 4 members (excludes halogenated alkanes) is 26. The average Bonchev–Trinajstić information content (AvgIpc) is 3.11. The Balaban J connectivity index is 4.40. The van der Waals surface area contributed by atoms with Gasteiger partial charge in [0.2, 0.25) is 0 Å². The van der Waals surface area contributed by atoms with Gasteiger partial charge in [0.25, 0.3) is 6.29 Å². The van der Waals surface area contributed by atoms with E-state index in [2.05, 4.69) is 13.8 Å². The molecule has 9 heteroatoms. The molecule has 0 radical (unpaired) electrons. The molecule has 0 rings (SSSR count). The molecule has 0 saturated heterocycles. The van der Waals surface area contributed by atoms with Crippen LogP contribution in [0.4, 0.5) is 0 Å². The van der Waals surface area contributed by atoms with Crippen LogP contribution in [0.1, 0.15) is 206 Å². The first kappa shape index (κ1) is 51.3. The zero-order valence-electron chi connectivity index (χ0n) is 35.4. The lowest BCUT2D eigenvalue weighted by Crippen LogP contribution is -2.40. The van der Waals surface area contributed by atoms with E-state index in [4.69, 9.17) is 18.9 Å². The van der Waals surface area contributed by atoms with Crippen molar-refractivity contribution in [2.75, 3.05) is 47.5 Å². The maximum Gasteiger partial charge on any atom is 0.361 e. The fourth-order valence-corrected chi connectivity index (χ4v) is 6.37. The number of carbonyl (C=O) groups is 3. The van der Waals surface area contributed by atoms with Crippen LogP contribution in [0.3, 0.4) is 0 Å². The molecular weight excluding hydrogens is 670 g/mol. The SMILES string of the molecule is CCCCCCCCCCCCCCCCCCC(=O)OC(COC(=O)CCCCCCCCCCCCCC)COC(OCC[N+](C)(C)C)C(=O)O. The molecule has 314 valence electrons. The minimum absolute atomic E-state index is 0.174. The maximum atomic E-state index is 12.7. The van der Waals surface area contributed by atoms with Gasteiger partial charge in [0.1, 0.15) is 13.2 Å². The first-order chi connectivity index (χ1) is 25.6. The Bertz CT molecular complexity index is 846. The van der Waals surface area contributed by atoms with Gasteiger partial charge in [-0.05, 0) is 12.8 Å². The highest BCUT2D eigenvalue weighted by Crippen LogP contribution is 2.16. The Morgan fingerprint density at radius 1 is 0.491 bits per heavy atom. The lowest BCUT2D eigenvalue weighted by Gasteiger charge is -2.25. The zero-order chi connectivity index (χ0) is 39.3. The molecule has 0 aromatic heterocycles. The summed E-state index contributed by atoms with van der Waals surface area (Å²) in [4.78, 5) is 37.0. The standard InChI is InChI=1S/C44H85NO8/c1-6-8-10-12-14-16-18-20-21-22-23-25-27-29-31-33-35-42(47)53-40(39-52-44(43(48)49)50-37-36-45(3,4)5)38-51-41(46)34-32-30-28-26-24-19-17-15-13-11-9-7-2/h40,44H,6-39H2,1-5H3/p+1. The number of esters is 2. The van der Waals surface area contributed by atoms with Gasteiger partial charge < -0.3 is 28.5 Å². The molecule has 1 N–H and O–H groups in total. The molecular formula is C44H86NO8+. The van der Waals surface area contributed by atoms with Crippen LogP contribution in [0.15, 0.2) is 0 Å². The van der Waals surface area contributed by atoms with Crippen LogP contribution in [0, 0.1) is 0 Å². The predicted octanol–water partition coefficient (Wildman–Crippen LogP) is 11.3. The highest BCUT2D eigenvalue weighted by atomic mass is 16.7. The van der Waals surface area contributed by atoms with Gasteiger partial charge in [0.15, 0.2) is 6.10 Å². The molecule has 2 unspecified atom stereocenters. The number of ether oxygens (including phenoxy) is 4. The molecule has 0 aromatic carbocycles. The second-order valence-corrected chi connectivity index (χ2v) is 16.4. The Morgan fingerprint density at radius 3 is 1.21 bits per heavy atom. The first-order valence-corrected chi connectivity index (χ1v) is 22.2. The third-order valence-corrected chi connectivity index (χ3v) is 9.86. The Morgan fingerprint density at radius 2 is 0.849 bits per heavy atom. The monoisotopic (exact) mass is 757 g/mol. The van der Waals surface area contributed by atoms with Crippen LogP contribution in [-0.4, -0.2) is 87.4 Å². The highest BCUT2D eigenvalue weighted by Gasteiger charge is 2.25. The molecule has 0 heterocycles.